The third kappa shape index (κ3) is 4.25. The molecule has 5 rings (SSSR count). The molecule has 0 saturated carbocycles. The van der Waals surface area contributed by atoms with Crippen molar-refractivity contribution in [3.8, 4) is 11.6 Å². The number of carbonyl (C=O) groups excluding carboxylic acids is 1. The maximum Gasteiger partial charge on any atom is 0.270 e. The molecule has 1 saturated heterocycles. The molecule has 1 aliphatic rings. The van der Waals surface area contributed by atoms with E-state index in [9.17, 15) is 13.6 Å². The van der Waals surface area contributed by atoms with Gasteiger partial charge < -0.3 is 4.74 Å². The van der Waals surface area contributed by atoms with Gasteiger partial charge in [0.25, 0.3) is 11.8 Å². The third-order valence-corrected chi connectivity index (χ3v) is 6.44. The topological polar surface area (TPSA) is 55.3 Å². The second kappa shape index (κ2) is 9.09. The van der Waals surface area contributed by atoms with Gasteiger partial charge in [-0.15, -0.1) is 0 Å². The molecule has 0 spiro atoms. The summed E-state index contributed by atoms with van der Waals surface area (Å²) in [5, 5.41) is 1.47. The SMILES string of the molecule is O=C1/C(=C/c2c(Oc3nc(Cl)ncc3F)ccc3ccccc23)SC(=S)N1c1cccc(F)c1. The first-order valence-corrected chi connectivity index (χ1v) is 11.4. The number of thiocarbonyl (C=S) groups is 1. The highest BCUT2D eigenvalue weighted by Crippen LogP contribution is 2.40. The number of aromatic nitrogens is 2. The first kappa shape index (κ1) is 22.4. The highest BCUT2D eigenvalue weighted by molar-refractivity contribution is 8.27. The molecule has 0 aliphatic carbocycles. The van der Waals surface area contributed by atoms with Crippen molar-refractivity contribution >= 4 is 68.3 Å². The van der Waals surface area contributed by atoms with Crippen LogP contribution in [0.25, 0.3) is 16.8 Å². The predicted molar refractivity (Wildman–Crippen MR) is 133 cm³/mol. The Hall–Kier alpha value is -3.40. The number of benzene rings is 3. The first-order valence-electron chi connectivity index (χ1n) is 9.82. The highest BCUT2D eigenvalue weighted by atomic mass is 35.5. The Morgan fingerprint density at radius 2 is 1.91 bits per heavy atom. The zero-order valence-electron chi connectivity index (χ0n) is 17.0. The molecule has 1 aromatic heterocycles. The summed E-state index contributed by atoms with van der Waals surface area (Å²) in [5.74, 6) is -1.77. The number of fused-ring (bicyclic) bond motifs is 1. The van der Waals surface area contributed by atoms with Crippen molar-refractivity contribution in [1.82, 2.24) is 9.97 Å². The lowest BCUT2D eigenvalue weighted by molar-refractivity contribution is -0.113. The number of thioether (sulfide) groups is 1. The standard InChI is InChI=1S/C24H12ClF2N3O2S2/c25-23-28-12-18(27)21(29-23)32-19-9-8-13-4-1-2-7-16(13)17(19)11-20-22(31)30(24(33)34-20)15-6-3-5-14(26)10-15/h1-12H/b20-11-. The molecule has 3 aromatic carbocycles. The summed E-state index contributed by atoms with van der Waals surface area (Å²) in [6.07, 6.45) is 2.53. The molecule has 2 heterocycles. The Morgan fingerprint density at radius 3 is 2.74 bits per heavy atom. The van der Waals surface area contributed by atoms with Gasteiger partial charge in [-0.2, -0.15) is 9.37 Å². The van der Waals surface area contributed by atoms with E-state index in [-0.39, 0.29) is 21.2 Å². The van der Waals surface area contributed by atoms with Gasteiger partial charge >= 0.3 is 0 Å². The lowest BCUT2D eigenvalue weighted by Crippen LogP contribution is -2.27. The van der Waals surface area contributed by atoms with E-state index in [1.807, 2.05) is 24.3 Å². The summed E-state index contributed by atoms with van der Waals surface area (Å²) in [5.41, 5.74) is 0.852. The van der Waals surface area contributed by atoms with Crippen LogP contribution in [0.15, 0.2) is 71.8 Å². The molecule has 4 aromatic rings. The molecule has 0 N–H and O–H groups in total. The quantitative estimate of drug-likeness (QED) is 0.171. The third-order valence-electron chi connectivity index (χ3n) is 4.96. The van der Waals surface area contributed by atoms with Crippen LogP contribution < -0.4 is 9.64 Å². The minimum absolute atomic E-state index is 0.172. The minimum Gasteiger partial charge on any atom is -0.436 e. The van der Waals surface area contributed by atoms with Gasteiger partial charge in [-0.05, 0) is 52.7 Å². The number of anilines is 1. The van der Waals surface area contributed by atoms with Crippen LogP contribution in [0.4, 0.5) is 14.5 Å². The molecule has 0 radical (unpaired) electrons. The molecule has 0 unspecified atom stereocenters. The van der Waals surface area contributed by atoms with Crippen LogP contribution in [0.5, 0.6) is 11.6 Å². The summed E-state index contributed by atoms with van der Waals surface area (Å²) in [6, 6.07) is 16.6. The Bertz CT molecular complexity index is 1510. The maximum atomic E-state index is 14.3. The van der Waals surface area contributed by atoms with Crippen molar-refractivity contribution in [2.24, 2.45) is 0 Å². The fourth-order valence-corrected chi connectivity index (χ4v) is 4.86. The van der Waals surface area contributed by atoms with Crippen LogP contribution in [0.2, 0.25) is 5.28 Å². The fourth-order valence-electron chi connectivity index (χ4n) is 3.46. The highest BCUT2D eigenvalue weighted by Gasteiger charge is 2.34. The van der Waals surface area contributed by atoms with Gasteiger partial charge in [-0.1, -0.05) is 60.4 Å². The van der Waals surface area contributed by atoms with E-state index in [4.69, 9.17) is 28.6 Å². The average molecular weight is 512 g/mol. The second-order valence-corrected chi connectivity index (χ2v) is 9.10. The Labute approximate surface area is 207 Å². The van der Waals surface area contributed by atoms with Crippen LogP contribution in [-0.4, -0.2) is 20.2 Å². The van der Waals surface area contributed by atoms with Gasteiger partial charge in [0, 0.05) is 5.56 Å². The van der Waals surface area contributed by atoms with Gasteiger partial charge in [0.1, 0.15) is 11.6 Å². The second-order valence-electron chi connectivity index (χ2n) is 7.09. The summed E-state index contributed by atoms with van der Waals surface area (Å²) in [4.78, 5) is 22.2. The van der Waals surface area contributed by atoms with Crippen molar-refractivity contribution in [3.05, 3.63) is 94.2 Å². The fraction of sp³-hybridized carbons (Fsp3) is 0. The maximum absolute atomic E-state index is 14.3. The molecule has 168 valence electrons. The predicted octanol–water partition coefficient (Wildman–Crippen LogP) is 6.76. The number of nitrogens with zero attached hydrogens (tertiary/aromatic N) is 3. The van der Waals surface area contributed by atoms with Crippen molar-refractivity contribution < 1.29 is 18.3 Å². The molecule has 34 heavy (non-hydrogen) atoms. The first-order chi connectivity index (χ1) is 16.4. The Balaban J connectivity index is 1.61. The normalized spacial score (nSPS) is 14.9. The zero-order chi connectivity index (χ0) is 23.8. The van der Waals surface area contributed by atoms with Crippen LogP contribution in [-0.2, 0) is 4.79 Å². The summed E-state index contributed by atoms with van der Waals surface area (Å²) in [7, 11) is 0. The van der Waals surface area contributed by atoms with Gasteiger partial charge in [-0.25, -0.2) is 9.37 Å². The van der Waals surface area contributed by atoms with Crippen LogP contribution in [0.3, 0.4) is 0 Å². The summed E-state index contributed by atoms with van der Waals surface area (Å²) in [6.45, 7) is 0. The van der Waals surface area contributed by atoms with Crippen molar-refractivity contribution in [3.63, 3.8) is 0 Å². The van der Waals surface area contributed by atoms with Crippen molar-refractivity contribution in [1.29, 1.82) is 0 Å². The minimum atomic E-state index is -0.791. The molecule has 0 atom stereocenters. The molecule has 5 nitrogen and oxygen atoms in total. The molecule has 1 fully saturated rings. The van der Waals surface area contributed by atoms with Crippen LogP contribution in [0.1, 0.15) is 5.56 Å². The van der Waals surface area contributed by atoms with E-state index < -0.39 is 17.5 Å². The number of rotatable bonds is 4. The van der Waals surface area contributed by atoms with Gasteiger partial charge in [0.2, 0.25) is 11.1 Å². The van der Waals surface area contributed by atoms with Gasteiger partial charge in [0.15, 0.2) is 4.32 Å². The molecule has 1 aliphatic heterocycles. The van der Waals surface area contributed by atoms with E-state index in [0.717, 1.165) is 28.7 Å². The number of amides is 1. The smallest absolute Gasteiger partial charge is 0.270 e. The van der Waals surface area contributed by atoms with E-state index in [2.05, 4.69) is 9.97 Å². The summed E-state index contributed by atoms with van der Waals surface area (Å²) < 4.78 is 34.0. The molecular formula is C24H12ClF2N3O2S2. The molecular weight excluding hydrogens is 500 g/mol. The van der Waals surface area contributed by atoms with Crippen molar-refractivity contribution in [2.45, 2.75) is 0 Å². The Kier molecular flexibility index (Phi) is 5.99. The van der Waals surface area contributed by atoms with Gasteiger partial charge in [0.05, 0.1) is 16.8 Å². The monoisotopic (exact) mass is 511 g/mol. The molecule has 1 amide bonds. The number of hydrogen-bond acceptors (Lipinski definition) is 6. The lowest BCUT2D eigenvalue weighted by Gasteiger charge is -2.14. The average Bonchev–Trinajstić information content (AvgIpc) is 3.10. The number of carbonyl (C=O) groups is 1. The number of halogens is 3. The van der Waals surface area contributed by atoms with E-state index >= 15 is 0 Å². The van der Waals surface area contributed by atoms with E-state index in [0.29, 0.717) is 16.2 Å². The van der Waals surface area contributed by atoms with Crippen molar-refractivity contribution in [2.75, 3.05) is 4.90 Å². The summed E-state index contributed by atoms with van der Waals surface area (Å²) >= 11 is 12.3. The largest absolute Gasteiger partial charge is 0.436 e. The molecule has 10 heteroatoms. The zero-order valence-corrected chi connectivity index (χ0v) is 19.4. The Morgan fingerprint density at radius 1 is 1.09 bits per heavy atom. The van der Waals surface area contributed by atoms with Gasteiger partial charge in [-0.3, -0.25) is 9.69 Å². The van der Waals surface area contributed by atoms with Crippen LogP contribution in [0, 0.1) is 11.6 Å². The van der Waals surface area contributed by atoms with Crippen LogP contribution >= 0.6 is 35.6 Å². The molecule has 0 bridgehead atoms. The van der Waals surface area contributed by atoms with E-state index in [1.165, 1.54) is 23.1 Å². The van der Waals surface area contributed by atoms with E-state index in [1.54, 1.807) is 24.3 Å². The number of ether oxygens (including phenoxy) is 1. The number of hydrogen-bond donors (Lipinski definition) is 0. The lowest BCUT2D eigenvalue weighted by atomic mass is 10.0.